The molecule has 0 spiro atoms. The number of hydrogen-bond acceptors (Lipinski definition) is 7. The zero-order valence-electron chi connectivity index (χ0n) is 18.8. The van der Waals surface area contributed by atoms with Crippen LogP contribution in [0.4, 0.5) is 5.69 Å². The number of carbonyl (C=O) groups is 1. The lowest BCUT2D eigenvalue weighted by Gasteiger charge is -2.10. The topological polar surface area (TPSA) is 104 Å². The van der Waals surface area contributed by atoms with Gasteiger partial charge in [-0.15, -0.1) is 0 Å². The number of carbonyl (C=O) groups excluding carboxylic acids is 1. The third-order valence-corrected chi connectivity index (χ3v) is 4.65. The summed E-state index contributed by atoms with van der Waals surface area (Å²) in [4.78, 5) is 26.1. The van der Waals surface area contributed by atoms with Crippen LogP contribution in [0.2, 0.25) is 0 Å². The van der Waals surface area contributed by atoms with E-state index in [1.807, 2.05) is 26.0 Å². The molecule has 9 nitrogen and oxygen atoms in total. The van der Waals surface area contributed by atoms with Gasteiger partial charge in [0.05, 0.1) is 42.7 Å². The van der Waals surface area contributed by atoms with Crippen molar-refractivity contribution in [1.82, 2.24) is 24.7 Å². The molecule has 0 unspecified atom stereocenters. The van der Waals surface area contributed by atoms with Crippen LogP contribution >= 0.6 is 0 Å². The molecule has 168 valence electrons. The number of methoxy groups -OCH3 is 1. The standard InChI is InChI=1S/C24H24N6O3/c1-15(2)33-18-10-16(11-25-12-18)19-6-5-7-21(27-19)24(31)28-22-14-30(3)29-23(22)20-9-8-17(32-4)13-26-20/h5-15H,1-4H3,(H,28,31). The van der Waals surface area contributed by atoms with E-state index in [2.05, 4.69) is 25.4 Å². The molecule has 0 aliphatic carbocycles. The highest BCUT2D eigenvalue weighted by atomic mass is 16.5. The number of nitrogens with one attached hydrogen (secondary N) is 1. The number of aryl methyl sites for hydroxylation is 1. The van der Waals surface area contributed by atoms with Crippen LogP contribution in [0.25, 0.3) is 22.6 Å². The van der Waals surface area contributed by atoms with Crippen molar-refractivity contribution in [2.45, 2.75) is 20.0 Å². The second kappa shape index (κ2) is 9.47. The molecule has 0 atom stereocenters. The second-order valence-electron chi connectivity index (χ2n) is 7.59. The van der Waals surface area contributed by atoms with Gasteiger partial charge in [0, 0.05) is 25.0 Å². The quantitative estimate of drug-likeness (QED) is 0.460. The fourth-order valence-corrected chi connectivity index (χ4v) is 3.21. The van der Waals surface area contributed by atoms with Gasteiger partial charge in [-0.05, 0) is 44.2 Å². The molecule has 4 heterocycles. The van der Waals surface area contributed by atoms with Crippen molar-refractivity contribution in [1.29, 1.82) is 0 Å². The summed E-state index contributed by atoms with van der Waals surface area (Å²) in [6.07, 6.45) is 6.69. The number of anilines is 1. The summed E-state index contributed by atoms with van der Waals surface area (Å²) < 4.78 is 12.5. The zero-order valence-corrected chi connectivity index (χ0v) is 18.8. The van der Waals surface area contributed by atoms with Gasteiger partial charge < -0.3 is 14.8 Å². The van der Waals surface area contributed by atoms with Crippen LogP contribution in [-0.4, -0.2) is 43.9 Å². The van der Waals surface area contributed by atoms with E-state index in [1.54, 1.807) is 67.9 Å². The molecule has 0 saturated carbocycles. The molecule has 1 N–H and O–H groups in total. The molecular formula is C24H24N6O3. The number of rotatable bonds is 7. The minimum absolute atomic E-state index is 0.0287. The van der Waals surface area contributed by atoms with Crippen LogP contribution in [0.1, 0.15) is 24.3 Å². The predicted octanol–water partition coefficient (Wildman–Crippen LogP) is 3.99. The van der Waals surface area contributed by atoms with Crippen LogP contribution in [0.3, 0.4) is 0 Å². The van der Waals surface area contributed by atoms with Gasteiger partial charge in [-0.25, -0.2) is 4.98 Å². The van der Waals surface area contributed by atoms with E-state index in [-0.39, 0.29) is 17.7 Å². The van der Waals surface area contributed by atoms with Gasteiger partial charge in [-0.3, -0.25) is 19.4 Å². The summed E-state index contributed by atoms with van der Waals surface area (Å²) in [6.45, 7) is 3.90. The number of amides is 1. The summed E-state index contributed by atoms with van der Waals surface area (Å²) >= 11 is 0. The first kappa shape index (κ1) is 21.9. The van der Waals surface area contributed by atoms with Crippen LogP contribution in [0, 0.1) is 0 Å². The predicted molar refractivity (Wildman–Crippen MR) is 124 cm³/mol. The van der Waals surface area contributed by atoms with E-state index in [4.69, 9.17) is 9.47 Å². The number of aromatic nitrogens is 5. The fourth-order valence-electron chi connectivity index (χ4n) is 3.21. The van der Waals surface area contributed by atoms with Gasteiger partial charge in [0.15, 0.2) is 0 Å². The lowest BCUT2D eigenvalue weighted by molar-refractivity contribution is 0.102. The van der Waals surface area contributed by atoms with Gasteiger partial charge in [0.1, 0.15) is 22.9 Å². The highest BCUT2D eigenvalue weighted by molar-refractivity contribution is 6.04. The molecule has 0 aliphatic rings. The fraction of sp³-hybridized carbons (Fsp3) is 0.208. The average molecular weight is 444 g/mol. The van der Waals surface area contributed by atoms with E-state index in [9.17, 15) is 4.79 Å². The SMILES string of the molecule is COc1ccc(-c2nn(C)cc2NC(=O)c2cccc(-c3cncc(OC(C)C)c3)n2)nc1. The highest BCUT2D eigenvalue weighted by Gasteiger charge is 2.17. The third kappa shape index (κ3) is 5.15. The van der Waals surface area contributed by atoms with Crippen LogP contribution in [0.15, 0.2) is 61.2 Å². The largest absolute Gasteiger partial charge is 0.495 e. The summed E-state index contributed by atoms with van der Waals surface area (Å²) in [5, 5.41) is 7.33. The number of pyridine rings is 3. The van der Waals surface area contributed by atoms with E-state index in [0.717, 1.165) is 5.56 Å². The van der Waals surface area contributed by atoms with E-state index in [1.165, 1.54) is 0 Å². The average Bonchev–Trinajstić information content (AvgIpc) is 3.18. The van der Waals surface area contributed by atoms with Crippen LogP contribution in [0.5, 0.6) is 11.5 Å². The normalized spacial score (nSPS) is 10.8. The smallest absolute Gasteiger partial charge is 0.274 e. The van der Waals surface area contributed by atoms with Crippen molar-refractivity contribution in [3.8, 4) is 34.1 Å². The van der Waals surface area contributed by atoms with Crippen molar-refractivity contribution in [2.75, 3.05) is 12.4 Å². The molecule has 0 radical (unpaired) electrons. The Balaban J connectivity index is 1.58. The van der Waals surface area contributed by atoms with Crippen molar-refractivity contribution in [3.05, 3.63) is 66.9 Å². The first-order chi connectivity index (χ1) is 15.9. The molecule has 4 rings (SSSR count). The Morgan fingerprint density at radius 3 is 2.64 bits per heavy atom. The monoisotopic (exact) mass is 444 g/mol. The van der Waals surface area contributed by atoms with Crippen molar-refractivity contribution < 1.29 is 14.3 Å². The Morgan fingerprint density at radius 1 is 1.06 bits per heavy atom. The summed E-state index contributed by atoms with van der Waals surface area (Å²) in [5.41, 5.74) is 3.33. The molecule has 4 aromatic heterocycles. The maximum absolute atomic E-state index is 13.0. The number of nitrogens with zero attached hydrogens (tertiary/aromatic N) is 5. The maximum atomic E-state index is 13.0. The van der Waals surface area contributed by atoms with E-state index >= 15 is 0 Å². The molecule has 4 aromatic rings. The van der Waals surface area contributed by atoms with Gasteiger partial charge in [0.25, 0.3) is 5.91 Å². The number of hydrogen-bond donors (Lipinski definition) is 1. The van der Waals surface area contributed by atoms with Gasteiger partial charge in [0.2, 0.25) is 0 Å². The Labute approximate surface area is 191 Å². The first-order valence-electron chi connectivity index (χ1n) is 10.4. The Bertz CT molecular complexity index is 1270. The lowest BCUT2D eigenvalue weighted by Crippen LogP contribution is -2.14. The Kier molecular flexibility index (Phi) is 6.30. The van der Waals surface area contributed by atoms with Gasteiger partial charge >= 0.3 is 0 Å². The van der Waals surface area contributed by atoms with Crippen molar-refractivity contribution in [2.24, 2.45) is 7.05 Å². The van der Waals surface area contributed by atoms with Crippen molar-refractivity contribution in [3.63, 3.8) is 0 Å². The maximum Gasteiger partial charge on any atom is 0.274 e. The Morgan fingerprint density at radius 2 is 1.91 bits per heavy atom. The molecule has 1 amide bonds. The summed E-state index contributed by atoms with van der Waals surface area (Å²) in [7, 11) is 3.36. The van der Waals surface area contributed by atoms with Crippen LogP contribution < -0.4 is 14.8 Å². The van der Waals surface area contributed by atoms with E-state index in [0.29, 0.717) is 34.3 Å². The molecular weight excluding hydrogens is 420 g/mol. The third-order valence-electron chi connectivity index (χ3n) is 4.65. The second-order valence-corrected chi connectivity index (χ2v) is 7.59. The lowest BCUT2D eigenvalue weighted by atomic mass is 10.1. The molecule has 0 fully saturated rings. The Hall–Kier alpha value is -4.27. The summed E-state index contributed by atoms with van der Waals surface area (Å²) in [6, 6.07) is 10.7. The number of ether oxygens (including phenoxy) is 2. The highest BCUT2D eigenvalue weighted by Crippen LogP contribution is 2.27. The van der Waals surface area contributed by atoms with E-state index < -0.39 is 0 Å². The minimum atomic E-state index is -0.359. The molecule has 0 bridgehead atoms. The zero-order chi connectivity index (χ0) is 23.4. The first-order valence-corrected chi connectivity index (χ1v) is 10.4. The minimum Gasteiger partial charge on any atom is -0.495 e. The van der Waals surface area contributed by atoms with Gasteiger partial charge in [-0.1, -0.05) is 6.07 Å². The molecule has 9 heteroatoms. The van der Waals surface area contributed by atoms with Crippen molar-refractivity contribution >= 4 is 11.6 Å². The molecule has 33 heavy (non-hydrogen) atoms. The molecule has 0 aliphatic heterocycles. The molecule has 0 saturated heterocycles. The van der Waals surface area contributed by atoms with Gasteiger partial charge in [-0.2, -0.15) is 5.10 Å². The summed E-state index contributed by atoms with van der Waals surface area (Å²) in [5.74, 6) is 0.923. The van der Waals surface area contributed by atoms with Crippen LogP contribution in [-0.2, 0) is 7.05 Å². The molecule has 0 aromatic carbocycles.